The molecule has 5 heteroatoms. The van der Waals surface area contributed by atoms with Crippen LogP contribution in [0.15, 0.2) is 30.3 Å². The van der Waals surface area contributed by atoms with Gasteiger partial charge in [-0.2, -0.15) is 0 Å². The molecule has 1 amide bonds. The molecule has 1 aromatic rings. The third-order valence-electron chi connectivity index (χ3n) is 1.86. The summed E-state index contributed by atoms with van der Waals surface area (Å²) in [5.74, 6) is 0. The summed E-state index contributed by atoms with van der Waals surface area (Å²) in [6.45, 7) is 0.282. The topological polar surface area (TPSA) is 75.3 Å². The van der Waals surface area contributed by atoms with Crippen molar-refractivity contribution in [3.8, 4) is 0 Å². The Hall–Kier alpha value is -1.26. The predicted octanol–water partition coefficient (Wildman–Crippen LogP) is 1.25. The third-order valence-corrected chi connectivity index (χ3v) is 1.86. The molecule has 1 unspecified atom stereocenters. The van der Waals surface area contributed by atoms with Crippen molar-refractivity contribution >= 4 is 18.5 Å². The molecule has 0 aliphatic rings. The number of nitrogens with two attached hydrogens (primary N) is 1. The molecular formula is C10H15ClN2O2. The van der Waals surface area contributed by atoms with Crippen LogP contribution in [-0.4, -0.2) is 23.8 Å². The van der Waals surface area contributed by atoms with Crippen molar-refractivity contribution in [3.63, 3.8) is 0 Å². The zero-order valence-electron chi connectivity index (χ0n) is 8.22. The quantitative estimate of drug-likeness (QED) is 0.729. The fraction of sp³-hybridized carbons (Fsp3) is 0.300. The highest BCUT2D eigenvalue weighted by atomic mass is 35.5. The van der Waals surface area contributed by atoms with Crippen LogP contribution in [0.2, 0.25) is 0 Å². The van der Waals surface area contributed by atoms with E-state index in [9.17, 15) is 4.79 Å². The molecule has 84 valence electrons. The molecule has 15 heavy (non-hydrogen) atoms. The molecule has 1 rings (SSSR count). The zero-order chi connectivity index (χ0) is 10.4. The van der Waals surface area contributed by atoms with Crippen LogP contribution in [0.3, 0.4) is 0 Å². The van der Waals surface area contributed by atoms with Gasteiger partial charge < -0.3 is 16.2 Å². The number of hydrogen-bond donors (Lipinski definition) is 3. The zero-order valence-corrected chi connectivity index (χ0v) is 9.04. The fourth-order valence-electron chi connectivity index (χ4n) is 1.21. The number of carbonyl (C=O) groups is 1. The first kappa shape index (κ1) is 13.7. The van der Waals surface area contributed by atoms with Gasteiger partial charge in [-0.05, 0) is 12.0 Å². The van der Waals surface area contributed by atoms with Gasteiger partial charge in [-0.25, -0.2) is 4.79 Å². The maximum Gasteiger partial charge on any atom is 0.404 e. The Kier molecular flexibility index (Phi) is 6.49. The normalized spacial score (nSPS) is 11.3. The predicted molar refractivity (Wildman–Crippen MR) is 61.4 cm³/mol. The summed E-state index contributed by atoms with van der Waals surface area (Å²) in [6.07, 6.45) is -0.352. The van der Waals surface area contributed by atoms with Crippen LogP contribution in [0.25, 0.3) is 0 Å². The minimum absolute atomic E-state index is 0. The maximum atomic E-state index is 10.2. The van der Waals surface area contributed by atoms with Crippen molar-refractivity contribution in [2.24, 2.45) is 5.73 Å². The van der Waals surface area contributed by atoms with Crippen LogP contribution in [0, 0.1) is 0 Å². The van der Waals surface area contributed by atoms with E-state index in [0.717, 1.165) is 5.56 Å². The third kappa shape index (κ3) is 5.93. The minimum Gasteiger partial charge on any atom is -0.465 e. The summed E-state index contributed by atoms with van der Waals surface area (Å²) >= 11 is 0. The van der Waals surface area contributed by atoms with E-state index in [-0.39, 0.29) is 25.0 Å². The van der Waals surface area contributed by atoms with Gasteiger partial charge in [0.15, 0.2) is 0 Å². The number of carboxylic acid groups (broad SMARTS) is 1. The van der Waals surface area contributed by atoms with Crippen LogP contribution < -0.4 is 11.1 Å². The molecule has 0 fully saturated rings. The minimum atomic E-state index is -1.03. The van der Waals surface area contributed by atoms with Gasteiger partial charge >= 0.3 is 6.09 Å². The molecular weight excluding hydrogens is 216 g/mol. The monoisotopic (exact) mass is 230 g/mol. The largest absolute Gasteiger partial charge is 0.465 e. The Morgan fingerprint density at radius 3 is 2.53 bits per heavy atom. The lowest BCUT2D eigenvalue weighted by Crippen LogP contribution is -2.37. The lowest BCUT2D eigenvalue weighted by molar-refractivity contribution is 0.193. The van der Waals surface area contributed by atoms with Gasteiger partial charge in [0.25, 0.3) is 0 Å². The first-order valence-electron chi connectivity index (χ1n) is 4.45. The highest BCUT2D eigenvalue weighted by molar-refractivity contribution is 5.85. The molecule has 0 aromatic heterocycles. The molecule has 4 N–H and O–H groups in total. The van der Waals surface area contributed by atoms with E-state index in [0.29, 0.717) is 6.42 Å². The van der Waals surface area contributed by atoms with Crippen LogP contribution >= 0.6 is 12.4 Å². The summed E-state index contributed by atoms with van der Waals surface area (Å²) < 4.78 is 0. The Labute approximate surface area is 94.9 Å². The molecule has 0 saturated carbocycles. The molecule has 0 bridgehead atoms. The summed E-state index contributed by atoms with van der Waals surface area (Å²) in [7, 11) is 0. The van der Waals surface area contributed by atoms with Gasteiger partial charge in [-0.1, -0.05) is 30.3 Å². The molecule has 0 aliphatic carbocycles. The van der Waals surface area contributed by atoms with Gasteiger partial charge in [-0.15, -0.1) is 12.4 Å². The van der Waals surface area contributed by atoms with Crippen molar-refractivity contribution in [1.82, 2.24) is 5.32 Å². The standard InChI is InChI=1S/C10H14N2O2.ClH/c11-9(7-12-10(13)14)6-8-4-2-1-3-5-8;/h1-5,9,12H,6-7,11H2,(H,13,14);1H. The van der Waals surface area contributed by atoms with Gasteiger partial charge in [0.2, 0.25) is 0 Å². The van der Waals surface area contributed by atoms with Crippen molar-refractivity contribution in [2.45, 2.75) is 12.5 Å². The van der Waals surface area contributed by atoms with Crippen LogP contribution in [0.1, 0.15) is 5.56 Å². The molecule has 0 radical (unpaired) electrons. The Balaban J connectivity index is 0.00000196. The molecule has 4 nitrogen and oxygen atoms in total. The van der Waals surface area contributed by atoms with E-state index in [1.807, 2.05) is 30.3 Å². The summed E-state index contributed by atoms with van der Waals surface area (Å²) in [5, 5.41) is 10.6. The van der Waals surface area contributed by atoms with E-state index in [1.165, 1.54) is 0 Å². The lowest BCUT2D eigenvalue weighted by atomic mass is 10.1. The number of benzene rings is 1. The molecule has 1 aromatic carbocycles. The van der Waals surface area contributed by atoms with Gasteiger partial charge in [0.05, 0.1) is 0 Å². The molecule has 0 aliphatic heterocycles. The first-order valence-corrected chi connectivity index (χ1v) is 4.45. The average Bonchev–Trinajstić information content (AvgIpc) is 2.16. The number of hydrogen-bond acceptors (Lipinski definition) is 2. The first-order chi connectivity index (χ1) is 6.68. The van der Waals surface area contributed by atoms with E-state index in [2.05, 4.69) is 5.32 Å². The second kappa shape index (κ2) is 7.09. The van der Waals surface area contributed by atoms with Crippen molar-refractivity contribution in [3.05, 3.63) is 35.9 Å². The summed E-state index contributed by atoms with van der Waals surface area (Å²) in [5.41, 5.74) is 6.85. The van der Waals surface area contributed by atoms with Gasteiger partial charge in [0.1, 0.15) is 0 Å². The van der Waals surface area contributed by atoms with E-state index in [1.54, 1.807) is 0 Å². The Bertz CT molecular complexity index is 293. The molecule has 0 saturated heterocycles. The summed E-state index contributed by atoms with van der Waals surface area (Å²) in [6, 6.07) is 9.58. The van der Waals surface area contributed by atoms with Crippen molar-refractivity contribution in [1.29, 1.82) is 0 Å². The highest BCUT2D eigenvalue weighted by Crippen LogP contribution is 2.00. The second-order valence-corrected chi connectivity index (χ2v) is 3.14. The average molecular weight is 231 g/mol. The Morgan fingerprint density at radius 1 is 1.40 bits per heavy atom. The number of amides is 1. The SMILES string of the molecule is Cl.NC(CNC(=O)O)Cc1ccccc1. The van der Waals surface area contributed by atoms with Crippen LogP contribution in [0.5, 0.6) is 0 Å². The Morgan fingerprint density at radius 2 is 2.00 bits per heavy atom. The number of nitrogens with one attached hydrogen (secondary N) is 1. The van der Waals surface area contributed by atoms with Gasteiger partial charge in [-0.3, -0.25) is 0 Å². The summed E-state index contributed by atoms with van der Waals surface area (Å²) in [4.78, 5) is 10.2. The fourth-order valence-corrected chi connectivity index (χ4v) is 1.21. The lowest BCUT2D eigenvalue weighted by Gasteiger charge is -2.10. The number of rotatable bonds is 4. The van der Waals surface area contributed by atoms with E-state index >= 15 is 0 Å². The molecule has 1 atom stereocenters. The maximum absolute atomic E-state index is 10.2. The number of halogens is 1. The molecule has 0 spiro atoms. The smallest absolute Gasteiger partial charge is 0.404 e. The molecule has 0 heterocycles. The van der Waals surface area contributed by atoms with E-state index < -0.39 is 6.09 Å². The highest BCUT2D eigenvalue weighted by Gasteiger charge is 2.04. The van der Waals surface area contributed by atoms with Crippen LogP contribution in [0.4, 0.5) is 4.79 Å². The van der Waals surface area contributed by atoms with E-state index in [4.69, 9.17) is 10.8 Å². The van der Waals surface area contributed by atoms with Gasteiger partial charge in [0, 0.05) is 12.6 Å². The second-order valence-electron chi connectivity index (χ2n) is 3.14. The van der Waals surface area contributed by atoms with Crippen LogP contribution in [-0.2, 0) is 6.42 Å². The van der Waals surface area contributed by atoms with Crippen molar-refractivity contribution < 1.29 is 9.90 Å². The van der Waals surface area contributed by atoms with Crippen molar-refractivity contribution in [2.75, 3.05) is 6.54 Å².